The molecule has 0 spiro atoms. The lowest BCUT2D eigenvalue weighted by atomic mass is 10.2. The summed E-state index contributed by atoms with van der Waals surface area (Å²) in [4.78, 5) is 11.5. The largest absolute Gasteiger partial charge is 0.465 e. The van der Waals surface area contributed by atoms with Crippen LogP contribution in [0.3, 0.4) is 0 Å². The van der Waals surface area contributed by atoms with Crippen molar-refractivity contribution in [1.29, 1.82) is 0 Å². The van der Waals surface area contributed by atoms with Gasteiger partial charge in [-0.25, -0.2) is 4.79 Å². The van der Waals surface area contributed by atoms with Crippen LogP contribution in [0.25, 0.3) is 5.65 Å². The molecular formula is C13H17N3O3. The molecule has 0 bridgehead atoms. The van der Waals surface area contributed by atoms with Crippen LogP contribution in [0.15, 0.2) is 18.3 Å². The van der Waals surface area contributed by atoms with Crippen LogP contribution >= 0.6 is 0 Å². The van der Waals surface area contributed by atoms with E-state index in [0.717, 1.165) is 18.7 Å². The average Bonchev–Trinajstić information content (AvgIpc) is 2.86. The zero-order chi connectivity index (χ0) is 13.8. The van der Waals surface area contributed by atoms with Crippen molar-refractivity contribution in [3.63, 3.8) is 0 Å². The molecule has 0 saturated heterocycles. The van der Waals surface area contributed by atoms with Gasteiger partial charge in [0, 0.05) is 19.7 Å². The van der Waals surface area contributed by atoms with Crippen molar-refractivity contribution in [3.8, 4) is 0 Å². The monoisotopic (exact) mass is 263 g/mol. The van der Waals surface area contributed by atoms with Gasteiger partial charge >= 0.3 is 5.97 Å². The number of esters is 1. The van der Waals surface area contributed by atoms with Gasteiger partial charge in [-0.15, -0.1) is 10.2 Å². The number of rotatable bonds is 5. The fraction of sp³-hybridized carbons (Fsp3) is 0.462. The summed E-state index contributed by atoms with van der Waals surface area (Å²) in [7, 11) is 3.04. The molecule has 6 nitrogen and oxygen atoms in total. The van der Waals surface area contributed by atoms with Gasteiger partial charge in [0.2, 0.25) is 0 Å². The number of ether oxygens (including phenoxy) is 2. The van der Waals surface area contributed by atoms with Crippen LogP contribution in [0.1, 0.15) is 29.5 Å². The molecule has 102 valence electrons. The smallest absolute Gasteiger partial charge is 0.339 e. The fourth-order valence-corrected chi connectivity index (χ4v) is 1.80. The number of carbonyl (C=O) groups is 1. The number of pyridine rings is 1. The highest BCUT2D eigenvalue weighted by Gasteiger charge is 2.11. The van der Waals surface area contributed by atoms with Crippen LogP contribution in [-0.4, -0.2) is 40.9 Å². The first-order valence-corrected chi connectivity index (χ1v) is 6.10. The summed E-state index contributed by atoms with van der Waals surface area (Å²) in [5.74, 6) is 0.441. The lowest BCUT2D eigenvalue weighted by molar-refractivity contribution is 0.0600. The Bertz CT molecular complexity index is 580. The fourth-order valence-electron chi connectivity index (χ4n) is 1.80. The Morgan fingerprint density at radius 1 is 1.37 bits per heavy atom. The summed E-state index contributed by atoms with van der Waals surface area (Å²) in [5.41, 5.74) is 1.20. The number of fused-ring (bicyclic) bond motifs is 1. The van der Waals surface area contributed by atoms with Crippen LogP contribution in [-0.2, 0) is 15.9 Å². The third-order valence-electron chi connectivity index (χ3n) is 3.07. The highest BCUT2D eigenvalue weighted by atomic mass is 16.5. The molecule has 2 heterocycles. The molecule has 2 aromatic rings. The first-order valence-electron chi connectivity index (χ1n) is 6.10. The second kappa shape index (κ2) is 5.79. The summed E-state index contributed by atoms with van der Waals surface area (Å²) in [6, 6.07) is 3.43. The molecule has 1 unspecified atom stereocenters. The highest BCUT2D eigenvalue weighted by Crippen LogP contribution is 2.11. The van der Waals surface area contributed by atoms with Gasteiger partial charge in [-0.3, -0.25) is 4.40 Å². The van der Waals surface area contributed by atoms with Crippen LogP contribution in [0, 0.1) is 0 Å². The van der Waals surface area contributed by atoms with Crippen molar-refractivity contribution in [2.24, 2.45) is 0 Å². The first kappa shape index (κ1) is 13.5. The van der Waals surface area contributed by atoms with Gasteiger partial charge in [-0.1, -0.05) is 0 Å². The van der Waals surface area contributed by atoms with E-state index in [0.29, 0.717) is 11.2 Å². The summed E-state index contributed by atoms with van der Waals surface area (Å²) in [6.07, 6.45) is 3.45. The van der Waals surface area contributed by atoms with E-state index in [1.807, 2.05) is 11.3 Å². The maximum absolute atomic E-state index is 11.5. The Morgan fingerprint density at radius 3 is 2.84 bits per heavy atom. The summed E-state index contributed by atoms with van der Waals surface area (Å²) in [6.45, 7) is 2.00. The van der Waals surface area contributed by atoms with Crippen molar-refractivity contribution in [2.75, 3.05) is 14.2 Å². The number of hydrogen-bond donors (Lipinski definition) is 0. The number of methoxy groups -OCH3 is 2. The summed E-state index contributed by atoms with van der Waals surface area (Å²) in [5, 5.41) is 8.20. The van der Waals surface area contributed by atoms with E-state index in [1.165, 1.54) is 7.11 Å². The van der Waals surface area contributed by atoms with E-state index < -0.39 is 0 Å². The lowest BCUT2D eigenvalue weighted by Gasteiger charge is -2.08. The minimum Gasteiger partial charge on any atom is -0.465 e. The van der Waals surface area contributed by atoms with Crippen LogP contribution < -0.4 is 0 Å². The standard InChI is InChI=1S/C13H17N3O3/c1-9(18-2)4-6-11-14-15-12-7-5-10(8-16(11)12)13(17)19-3/h5,7-9H,4,6H2,1-3H3. The van der Waals surface area contributed by atoms with Crippen LogP contribution in [0.2, 0.25) is 0 Å². The van der Waals surface area contributed by atoms with Gasteiger partial charge in [0.05, 0.1) is 18.8 Å². The number of hydrogen-bond acceptors (Lipinski definition) is 5. The molecule has 0 aliphatic rings. The summed E-state index contributed by atoms with van der Waals surface area (Å²) >= 11 is 0. The number of carbonyl (C=O) groups excluding carboxylic acids is 1. The van der Waals surface area contributed by atoms with Crippen LogP contribution in [0.4, 0.5) is 0 Å². The average molecular weight is 263 g/mol. The topological polar surface area (TPSA) is 65.7 Å². The minimum absolute atomic E-state index is 0.163. The Kier molecular flexibility index (Phi) is 4.11. The molecule has 0 fully saturated rings. The van der Waals surface area contributed by atoms with Gasteiger partial charge < -0.3 is 9.47 Å². The van der Waals surface area contributed by atoms with Gasteiger partial charge in [0.25, 0.3) is 0 Å². The third kappa shape index (κ3) is 2.90. The summed E-state index contributed by atoms with van der Waals surface area (Å²) < 4.78 is 11.7. The molecule has 0 N–H and O–H groups in total. The van der Waals surface area contributed by atoms with E-state index in [-0.39, 0.29) is 12.1 Å². The minimum atomic E-state index is -0.369. The quantitative estimate of drug-likeness (QED) is 0.764. The second-order valence-corrected chi connectivity index (χ2v) is 4.34. The molecule has 0 aliphatic carbocycles. The molecule has 1 atom stereocenters. The molecule has 0 radical (unpaired) electrons. The maximum Gasteiger partial charge on any atom is 0.339 e. The molecule has 6 heteroatoms. The van der Waals surface area contributed by atoms with Crippen LogP contribution in [0.5, 0.6) is 0 Å². The predicted molar refractivity (Wildman–Crippen MR) is 69.1 cm³/mol. The number of nitrogens with zero attached hydrogens (tertiary/aromatic N) is 3. The van der Waals surface area contributed by atoms with Gasteiger partial charge in [-0.05, 0) is 25.5 Å². The molecule has 0 aliphatic heterocycles. The van der Waals surface area contributed by atoms with E-state index in [1.54, 1.807) is 25.4 Å². The van der Waals surface area contributed by atoms with Gasteiger partial charge in [-0.2, -0.15) is 0 Å². The van der Waals surface area contributed by atoms with E-state index in [2.05, 4.69) is 10.2 Å². The van der Waals surface area contributed by atoms with Gasteiger partial charge in [0.1, 0.15) is 5.82 Å². The Labute approximate surface area is 111 Å². The number of aryl methyl sites for hydroxylation is 1. The number of aromatic nitrogens is 3. The normalized spacial score (nSPS) is 12.6. The van der Waals surface area contributed by atoms with E-state index >= 15 is 0 Å². The molecular weight excluding hydrogens is 246 g/mol. The molecule has 0 aromatic carbocycles. The first-order chi connectivity index (χ1) is 9.15. The van der Waals surface area contributed by atoms with E-state index in [9.17, 15) is 4.79 Å². The predicted octanol–water partition coefficient (Wildman–Crippen LogP) is 1.48. The molecule has 0 saturated carbocycles. The Balaban J connectivity index is 2.27. The molecule has 19 heavy (non-hydrogen) atoms. The lowest BCUT2D eigenvalue weighted by Crippen LogP contribution is -2.08. The zero-order valence-corrected chi connectivity index (χ0v) is 11.3. The second-order valence-electron chi connectivity index (χ2n) is 4.34. The van der Waals surface area contributed by atoms with Crippen molar-refractivity contribution in [1.82, 2.24) is 14.6 Å². The Morgan fingerprint density at radius 2 is 2.16 bits per heavy atom. The van der Waals surface area contributed by atoms with Crippen molar-refractivity contribution >= 4 is 11.6 Å². The SMILES string of the molecule is COC(=O)c1ccc2nnc(CCC(C)OC)n2c1. The van der Waals surface area contributed by atoms with Crippen molar-refractivity contribution in [3.05, 3.63) is 29.7 Å². The van der Waals surface area contributed by atoms with Crippen molar-refractivity contribution < 1.29 is 14.3 Å². The highest BCUT2D eigenvalue weighted by molar-refractivity contribution is 5.89. The van der Waals surface area contributed by atoms with Gasteiger partial charge in [0.15, 0.2) is 5.65 Å². The molecule has 0 amide bonds. The zero-order valence-electron chi connectivity index (χ0n) is 11.3. The maximum atomic E-state index is 11.5. The van der Waals surface area contributed by atoms with E-state index in [4.69, 9.17) is 9.47 Å². The Hall–Kier alpha value is -1.95. The third-order valence-corrected chi connectivity index (χ3v) is 3.07. The van der Waals surface area contributed by atoms with Crippen molar-refractivity contribution in [2.45, 2.75) is 25.9 Å². The molecule has 2 aromatic heterocycles. The molecule has 2 rings (SSSR count).